The summed E-state index contributed by atoms with van der Waals surface area (Å²) < 4.78 is 0. The van der Waals surface area contributed by atoms with Crippen molar-refractivity contribution in [1.82, 2.24) is 0 Å². The van der Waals surface area contributed by atoms with Crippen molar-refractivity contribution < 1.29 is 25.2 Å². The molecule has 12 atom stereocenters. The average Bonchev–Trinajstić information content (AvgIpc) is 3.42. The Morgan fingerprint density at radius 2 is 1.63 bits per heavy atom. The highest BCUT2D eigenvalue weighted by Gasteiger charge is 2.86. The molecule has 0 aliphatic heterocycles. The summed E-state index contributed by atoms with van der Waals surface area (Å²) in [5.41, 5.74) is -0.588. The number of fused-ring (bicyclic) bond motifs is 2. The zero-order valence-corrected chi connectivity index (χ0v) is 22.7. The smallest absolute Gasteiger partial charge is 0.312 e. The highest BCUT2D eigenvalue weighted by atomic mass is 16.4. The van der Waals surface area contributed by atoms with Crippen molar-refractivity contribution in [2.45, 2.75) is 118 Å². The Bertz CT molecular complexity index is 926. The summed E-state index contributed by atoms with van der Waals surface area (Å²) in [7, 11) is 0. The largest absolute Gasteiger partial charge is 0.481 e. The van der Waals surface area contributed by atoms with Crippen LogP contribution >= 0.6 is 0 Å². The zero-order chi connectivity index (χ0) is 25.8. The summed E-state index contributed by atoms with van der Waals surface area (Å²) in [6.07, 6.45) is 7.99. The Labute approximate surface area is 211 Å². The SMILES string of the molecule is CC(C)=CCC[C@H](C)[C@H]1C[C@H](O)[C@@]2(C)[C@@H]3CC[C@H]4[C@](C)(C(=O)O)[C@@H](O)C[C@H](O)[C@]45C[C@]35CC[C@]12C. The van der Waals surface area contributed by atoms with Crippen molar-refractivity contribution >= 4 is 5.97 Å². The van der Waals surface area contributed by atoms with E-state index in [-0.39, 0.29) is 40.6 Å². The van der Waals surface area contributed by atoms with Crippen molar-refractivity contribution in [2.24, 2.45) is 50.7 Å². The van der Waals surface area contributed by atoms with Crippen molar-refractivity contribution in [1.29, 1.82) is 0 Å². The lowest BCUT2D eigenvalue weighted by Crippen LogP contribution is -2.64. The number of rotatable bonds is 5. The summed E-state index contributed by atoms with van der Waals surface area (Å²) in [5, 5.41) is 44.2. The molecule has 4 N–H and O–H groups in total. The van der Waals surface area contributed by atoms with Crippen LogP contribution in [0.3, 0.4) is 0 Å². The molecule has 0 aromatic heterocycles. The first-order chi connectivity index (χ1) is 16.2. The zero-order valence-electron chi connectivity index (χ0n) is 22.7. The highest BCUT2D eigenvalue weighted by molar-refractivity contribution is 5.76. The number of hydrogen-bond donors (Lipinski definition) is 4. The van der Waals surface area contributed by atoms with Gasteiger partial charge in [0.2, 0.25) is 0 Å². The Hall–Kier alpha value is -0.910. The van der Waals surface area contributed by atoms with Gasteiger partial charge in [0.15, 0.2) is 0 Å². The van der Waals surface area contributed by atoms with Crippen molar-refractivity contribution in [3.63, 3.8) is 0 Å². The molecule has 5 rings (SSSR count). The van der Waals surface area contributed by atoms with Crippen LogP contribution < -0.4 is 0 Å². The molecule has 0 saturated heterocycles. The standard InChI is InChI=1S/C30H48O5/c1-17(2)8-7-9-18(3)19-14-23(32)28(6)21-11-10-20-27(5,25(34)35)22(31)15-24(33)30(20)16-29(21,30)13-12-26(19,28)4/h8,18-24,31-33H,7,9-16H2,1-6H3,(H,34,35)/t18-,19+,20-,21-,22-,23-,24-,26+,27-,28+,29+,30-/m0/s1. The average molecular weight is 489 g/mol. The van der Waals surface area contributed by atoms with Gasteiger partial charge in [0, 0.05) is 17.3 Å². The molecule has 0 aromatic rings. The van der Waals surface area contributed by atoms with Gasteiger partial charge < -0.3 is 20.4 Å². The second kappa shape index (κ2) is 7.80. The lowest BCUT2D eigenvalue weighted by Gasteiger charge is -2.64. The van der Waals surface area contributed by atoms with Crippen molar-refractivity contribution in [3.05, 3.63) is 11.6 Å². The van der Waals surface area contributed by atoms with Crippen LogP contribution in [0.25, 0.3) is 0 Å². The fourth-order valence-corrected chi connectivity index (χ4v) is 11.1. The highest BCUT2D eigenvalue weighted by Crippen LogP contribution is 2.89. The maximum Gasteiger partial charge on any atom is 0.312 e. The molecule has 0 heterocycles. The maximum absolute atomic E-state index is 12.5. The first-order valence-corrected chi connectivity index (χ1v) is 14.1. The minimum atomic E-state index is -1.22. The molecule has 5 aliphatic rings. The second-order valence-corrected chi connectivity index (χ2v) is 14.3. The number of carbonyl (C=O) groups is 1. The first kappa shape index (κ1) is 25.7. The van der Waals surface area contributed by atoms with Gasteiger partial charge in [0.05, 0.1) is 23.7 Å². The van der Waals surface area contributed by atoms with Crippen molar-refractivity contribution in [2.75, 3.05) is 0 Å². The molecule has 198 valence electrons. The van der Waals surface area contributed by atoms with E-state index in [2.05, 4.69) is 40.7 Å². The number of hydrogen-bond acceptors (Lipinski definition) is 4. The van der Waals surface area contributed by atoms with E-state index < -0.39 is 29.0 Å². The molecule has 5 heteroatoms. The number of carboxylic acid groups (broad SMARTS) is 1. The summed E-state index contributed by atoms with van der Waals surface area (Å²) in [5.74, 6) is 0.155. The number of aliphatic hydroxyl groups excluding tert-OH is 3. The molecule has 5 nitrogen and oxygen atoms in total. The Balaban J connectivity index is 1.49. The van der Waals surface area contributed by atoms with Gasteiger partial charge in [0.1, 0.15) is 0 Å². The molecular formula is C30H48O5. The van der Waals surface area contributed by atoms with Gasteiger partial charge in [-0.3, -0.25) is 4.79 Å². The van der Waals surface area contributed by atoms with Gasteiger partial charge in [0.25, 0.3) is 0 Å². The van der Waals surface area contributed by atoms with Crippen LogP contribution in [0.1, 0.15) is 99.3 Å². The van der Waals surface area contributed by atoms with E-state index in [0.717, 1.165) is 44.9 Å². The molecule has 5 fully saturated rings. The van der Waals surface area contributed by atoms with Gasteiger partial charge in [-0.1, -0.05) is 32.4 Å². The van der Waals surface area contributed by atoms with Crippen LogP contribution in [0.15, 0.2) is 11.6 Å². The lowest BCUT2D eigenvalue weighted by atomic mass is 9.41. The van der Waals surface area contributed by atoms with Crippen molar-refractivity contribution in [3.8, 4) is 0 Å². The minimum Gasteiger partial charge on any atom is -0.481 e. The van der Waals surface area contributed by atoms with Crippen LogP contribution in [0.4, 0.5) is 0 Å². The van der Waals surface area contributed by atoms with Gasteiger partial charge in [-0.25, -0.2) is 0 Å². The molecule has 2 spiro atoms. The summed E-state index contributed by atoms with van der Waals surface area (Å²) >= 11 is 0. The third-order valence-electron chi connectivity index (χ3n) is 13.3. The van der Waals surface area contributed by atoms with E-state index in [9.17, 15) is 25.2 Å². The van der Waals surface area contributed by atoms with Gasteiger partial charge in [-0.2, -0.15) is 0 Å². The molecule has 0 amide bonds. The quantitative estimate of drug-likeness (QED) is 0.400. The number of carboxylic acids is 1. The topological polar surface area (TPSA) is 98.0 Å². The normalized spacial score (nSPS) is 55.1. The number of allylic oxidation sites excluding steroid dienone is 2. The fraction of sp³-hybridized carbons (Fsp3) is 0.900. The van der Waals surface area contributed by atoms with E-state index in [1.54, 1.807) is 6.92 Å². The van der Waals surface area contributed by atoms with Gasteiger partial charge in [-0.05, 0) is 107 Å². The fourth-order valence-electron chi connectivity index (χ4n) is 11.1. The third kappa shape index (κ3) is 2.90. The van der Waals surface area contributed by atoms with Crippen LogP contribution in [-0.2, 0) is 4.79 Å². The molecule has 5 aliphatic carbocycles. The van der Waals surface area contributed by atoms with Crippen LogP contribution in [-0.4, -0.2) is 44.7 Å². The van der Waals surface area contributed by atoms with Crippen LogP contribution in [0.5, 0.6) is 0 Å². The minimum absolute atomic E-state index is 0.0403. The molecular weight excluding hydrogens is 440 g/mol. The first-order valence-electron chi connectivity index (χ1n) is 14.1. The lowest BCUT2D eigenvalue weighted by molar-refractivity contribution is -0.217. The molecule has 5 saturated carbocycles. The van der Waals surface area contributed by atoms with E-state index in [0.29, 0.717) is 18.3 Å². The third-order valence-corrected chi connectivity index (χ3v) is 13.3. The van der Waals surface area contributed by atoms with Gasteiger partial charge in [-0.15, -0.1) is 0 Å². The predicted molar refractivity (Wildman–Crippen MR) is 135 cm³/mol. The molecule has 0 radical (unpaired) electrons. The predicted octanol–water partition coefficient (Wildman–Crippen LogP) is 5.18. The van der Waals surface area contributed by atoms with E-state index in [1.165, 1.54) is 5.57 Å². The van der Waals surface area contributed by atoms with Crippen LogP contribution in [0, 0.1) is 50.7 Å². The Morgan fingerprint density at radius 3 is 2.26 bits per heavy atom. The second-order valence-electron chi connectivity index (χ2n) is 14.3. The van der Waals surface area contributed by atoms with Crippen LogP contribution in [0.2, 0.25) is 0 Å². The molecule has 0 unspecified atom stereocenters. The van der Waals surface area contributed by atoms with E-state index >= 15 is 0 Å². The number of aliphatic hydroxyl groups is 3. The number of aliphatic carboxylic acids is 1. The van der Waals surface area contributed by atoms with E-state index in [1.807, 2.05) is 0 Å². The monoisotopic (exact) mass is 488 g/mol. The molecule has 0 bridgehead atoms. The summed E-state index contributed by atoms with van der Waals surface area (Å²) in [4.78, 5) is 12.5. The van der Waals surface area contributed by atoms with E-state index in [4.69, 9.17) is 0 Å². The van der Waals surface area contributed by atoms with Gasteiger partial charge >= 0.3 is 5.97 Å². The summed E-state index contributed by atoms with van der Waals surface area (Å²) in [6, 6.07) is 0. The maximum atomic E-state index is 12.5. The molecule has 35 heavy (non-hydrogen) atoms. The summed E-state index contributed by atoms with van der Waals surface area (Å²) in [6.45, 7) is 13.2. The Kier molecular flexibility index (Phi) is 5.73. The Morgan fingerprint density at radius 1 is 0.971 bits per heavy atom. The molecule has 0 aromatic carbocycles.